The summed E-state index contributed by atoms with van der Waals surface area (Å²) in [6.45, 7) is 1.86. The molecule has 0 saturated carbocycles. The Morgan fingerprint density at radius 1 is 1.17 bits per heavy atom. The molecule has 1 N–H and O–H groups in total. The van der Waals surface area contributed by atoms with Crippen molar-refractivity contribution < 1.29 is 22.3 Å². The number of halogens is 1. The maximum Gasteiger partial charge on any atom is 0.225 e. The van der Waals surface area contributed by atoms with Gasteiger partial charge in [-0.15, -0.1) is 0 Å². The number of sulfone groups is 1. The van der Waals surface area contributed by atoms with Crippen molar-refractivity contribution in [1.29, 1.82) is 0 Å². The van der Waals surface area contributed by atoms with Crippen molar-refractivity contribution in [1.82, 2.24) is 0 Å². The molecule has 128 valence electrons. The van der Waals surface area contributed by atoms with Gasteiger partial charge in [0.25, 0.3) is 0 Å². The number of carbonyl (C=O) groups excluding carboxylic acids is 1. The van der Waals surface area contributed by atoms with E-state index in [-0.39, 0.29) is 28.5 Å². The molecule has 24 heavy (non-hydrogen) atoms. The summed E-state index contributed by atoms with van der Waals surface area (Å²) in [6.07, 6.45) is -0.212. The summed E-state index contributed by atoms with van der Waals surface area (Å²) in [4.78, 5) is 12.2. The molecule has 0 radical (unpaired) electrons. The molecule has 0 heterocycles. The van der Waals surface area contributed by atoms with Gasteiger partial charge in [0.1, 0.15) is 11.6 Å². The van der Waals surface area contributed by atoms with Crippen LogP contribution in [0.5, 0.6) is 5.75 Å². The summed E-state index contributed by atoms with van der Waals surface area (Å²) >= 11 is 0. The van der Waals surface area contributed by atoms with Crippen molar-refractivity contribution in [2.24, 2.45) is 0 Å². The number of hydrogen-bond donors (Lipinski definition) is 1. The number of amides is 1. The van der Waals surface area contributed by atoms with Gasteiger partial charge in [0.05, 0.1) is 23.4 Å². The lowest BCUT2D eigenvalue weighted by Gasteiger charge is -2.10. The van der Waals surface area contributed by atoms with E-state index in [0.29, 0.717) is 0 Å². The molecule has 0 saturated heterocycles. The van der Waals surface area contributed by atoms with Crippen molar-refractivity contribution in [3.8, 4) is 5.75 Å². The van der Waals surface area contributed by atoms with Gasteiger partial charge in [-0.3, -0.25) is 4.79 Å². The molecule has 5 nitrogen and oxygen atoms in total. The molecular weight excluding hydrogens is 333 g/mol. The summed E-state index contributed by atoms with van der Waals surface area (Å²) in [6, 6.07) is 10.1. The van der Waals surface area contributed by atoms with E-state index in [0.717, 1.165) is 11.6 Å². The Bertz CT molecular complexity index is 832. The largest absolute Gasteiger partial charge is 0.494 e. The number of methoxy groups -OCH3 is 1. The smallest absolute Gasteiger partial charge is 0.225 e. The number of benzene rings is 2. The topological polar surface area (TPSA) is 72.5 Å². The zero-order valence-electron chi connectivity index (χ0n) is 13.4. The van der Waals surface area contributed by atoms with E-state index in [2.05, 4.69) is 5.32 Å². The first-order valence-electron chi connectivity index (χ1n) is 7.24. The predicted molar refractivity (Wildman–Crippen MR) is 89.4 cm³/mol. The molecule has 1 amide bonds. The van der Waals surface area contributed by atoms with Crippen LogP contribution < -0.4 is 10.1 Å². The van der Waals surface area contributed by atoms with Gasteiger partial charge in [0, 0.05) is 12.5 Å². The van der Waals surface area contributed by atoms with Gasteiger partial charge in [-0.2, -0.15) is 0 Å². The van der Waals surface area contributed by atoms with Crippen LogP contribution in [0.15, 0.2) is 47.4 Å². The van der Waals surface area contributed by atoms with E-state index in [1.165, 1.54) is 31.4 Å². The molecule has 0 aromatic heterocycles. The first kappa shape index (κ1) is 17.9. The molecule has 0 aliphatic carbocycles. The predicted octanol–water partition coefficient (Wildman–Crippen LogP) is 2.95. The third-order valence-corrected chi connectivity index (χ3v) is 5.15. The molecule has 0 unspecified atom stereocenters. The van der Waals surface area contributed by atoms with Gasteiger partial charge in [0.15, 0.2) is 9.84 Å². The highest BCUT2D eigenvalue weighted by Gasteiger charge is 2.17. The number of ether oxygens (including phenoxy) is 1. The number of carbonyl (C=O) groups is 1. The fourth-order valence-electron chi connectivity index (χ4n) is 2.07. The van der Waals surface area contributed by atoms with Crippen molar-refractivity contribution in [3.05, 3.63) is 53.8 Å². The van der Waals surface area contributed by atoms with Crippen LogP contribution >= 0.6 is 0 Å². The first-order valence-corrected chi connectivity index (χ1v) is 8.90. The molecule has 0 spiro atoms. The Hall–Kier alpha value is -2.41. The van der Waals surface area contributed by atoms with Crippen LogP contribution in [0.25, 0.3) is 0 Å². The SMILES string of the molecule is COc1cc(F)ccc1NC(=O)CCS(=O)(=O)c1ccc(C)cc1. The van der Waals surface area contributed by atoms with E-state index < -0.39 is 21.6 Å². The summed E-state index contributed by atoms with van der Waals surface area (Å²) < 4.78 is 42.5. The molecular formula is C17H18FNO4S. The van der Waals surface area contributed by atoms with Gasteiger partial charge in [-0.1, -0.05) is 17.7 Å². The van der Waals surface area contributed by atoms with E-state index >= 15 is 0 Å². The molecule has 7 heteroatoms. The summed E-state index contributed by atoms with van der Waals surface area (Å²) in [7, 11) is -2.19. The highest BCUT2D eigenvalue weighted by atomic mass is 32.2. The number of anilines is 1. The van der Waals surface area contributed by atoms with E-state index in [1.54, 1.807) is 12.1 Å². The Balaban J connectivity index is 2.01. The lowest BCUT2D eigenvalue weighted by Crippen LogP contribution is -2.18. The Labute approximate surface area is 140 Å². The molecule has 0 fully saturated rings. The third kappa shape index (κ3) is 4.55. The van der Waals surface area contributed by atoms with E-state index in [1.807, 2.05) is 6.92 Å². The lowest BCUT2D eigenvalue weighted by atomic mass is 10.2. The zero-order valence-corrected chi connectivity index (χ0v) is 14.2. The Kier molecular flexibility index (Phi) is 5.56. The second-order valence-corrected chi connectivity index (χ2v) is 7.38. The quantitative estimate of drug-likeness (QED) is 0.868. The third-order valence-electron chi connectivity index (χ3n) is 3.42. The fraction of sp³-hybridized carbons (Fsp3) is 0.235. The number of rotatable bonds is 6. The van der Waals surface area contributed by atoms with Crippen LogP contribution in [0.2, 0.25) is 0 Å². The van der Waals surface area contributed by atoms with Crippen molar-refractivity contribution in [2.75, 3.05) is 18.2 Å². The second-order valence-electron chi connectivity index (χ2n) is 5.27. The molecule has 2 aromatic rings. The molecule has 2 rings (SSSR count). The van der Waals surface area contributed by atoms with Crippen LogP contribution in [-0.2, 0) is 14.6 Å². The van der Waals surface area contributed by atoms with Crippen molar-refractivity contribution in [2.45, 2.75) is 18.2 Å². The van der Waals surface area contributed by atoms with Crippen LogP contribution in [0, 0.1) is 12.7 Å². The average molecular weight is 351 g/mol. The minimum Gasteiger partial charge on any atom is -0.494 e. The minimum atomic E-state index is -3.54. The molecule has 0 aliphatic rings. The summed E-state index contributed by atoms with van der Waals surface area (Å²) in [5, 5.41) is 2.53. The van der Waals surface area contributed by atoms with Gasteiger partial charge >= 0.3 is 0 Å². The number of hydrogen-bond acceptors (Lipinski definition) is 4. The van der Waals surface area contributed by atoms with Crippen LogP contribution in [-0.4, -0.2) is 27.2 Å². The fourth-order valence-corrected chi connectivity index (χ4v) is 3.31. The lowest BCUT2D eigenvalue weighted by molar-refractivity contribution is -0.115. The Morgan fingerprint density at radius 2 is 1.83 bits per heavy atom. The number of aryl methyl sites for hydroxylation is 1. The van der Waals surface area contributed by atoms with Crippen LogP contribution in [0.4, 0.5) is 10.1 Å². The standard InChI is InChI=1S/C17H18FNO4S/c1-12-3-6-14(7-4-12)24(21,22)10-9-17(20)19-15-8-5-13(18)11-16(15)23-2/h3-8,11H,9-10H2,1-2H3,(H,19,20). The monoisotopic (exact) mass is 351 g/mol. The van der Waals surface area contributed by atoms with Crippen molar-refractivity contribution >= 4 is 21.4 Å². The maximum absolute atomic E-state index is 13.1. The van der Waals surface area contributed by atoms with Crippen LogP contribution in [0.1, 0.15) is 12.0 Å². The normalized spacial score (nSPS) is 11.1. The van der Waals surface area contributed by atoms with Crippen LogP contribution in [0.3, 0.4) is 0 Å². The van der Waals surface area contributed by atoms with E-state index in [9.17, 15) is 17.6 Å². The zero-order chi connectivity index (χ0) is 17.7. The molecule has 0 aliphatic heterocycles. The highest BCUT2D eigenvalue weighted by molar-refractivity contribution is 7.91. The second kappa shape index (κ2) is 7.44. The van der Waals surface area contributed by atoms with Gasteiger partial charge in [-0.25, -0.2) is 12.8 Å². The first-order chi connectivity index (χ1) is 11.3. The molecule has 2 aromatic carbocycles. The van der Waals surface area contributed by atoms with Crippen molar-refractivity contribution in [3.63, 3.8) is 0 Å². The molecule has 0 atom stereocenters. The highest BCUT2D eigenvalue weighted by Crippen LogP contribution is 2.25. The average Bonchev–Trinajstić information content (AvgIpc) is 2.55. The van der Waals surface area contributed by atoms with Gasteiger partial charge < -0.3 is 10.1 Å². The molecule has 0 bridgehead atoms. The minimum absolute atomic E-state index is 0.171. The number of nitrogens with one attached hydrogen (secondary N) is 1. The summed E-state index contributed by atoms with van der Waals surface area (Å²) in [5.41, 5.74) is 1.24. The van der Waals surface area contributed by atoms with Gasteiger partial charge in [0.2, 0.25) is 5.91 Å². The maximum atomic E-state index is 13.1. The van der Waals surface area contributed by atoms with Gasteiger partial charge in [-0.05, 0) is 31.2 Å². The summed E-state index contributed by atoms with van der Waals surface area (Å²) in [5.74, 6) is -1.13. The van der Waals surface area contributed by atoms with E-state index in [4.69, 9.17) is 4.74 Å². The Morgan fingerprint density at radius 3 is 2.46 bits per heavy atom.